The van der Waals surface area contributed by atoms with Gasteiger partial charge in [0, 0.05) is 12.1 Å². The normalized spacial score (nSPS) is 9.76. The number of nitrogens with one attached hydrogen (secondary N) is 2. The molecule has 0 unspecified atom stereocenters. The van der Waals surface area contributed by atoms with Crippen molar-refractivity contribution in [2.45, 2.75) is 26.2 Å². The van der Waals surface area contributed by atoms with Crippen LogP contribution in [0, 0.1) is 5.82 Å². The van der Waals surface area contributed by atoms with Crippen LogP contribution in [0.5, 0.6) is 0 Å². The molecule has 1 rings (SSSR count). The van der Waals surface area contributed by atoms with Gasteiger partial charge in [0.1, 0.15) is 5.82 Å². The van der Waals surface area contributed by atoms with E-state index in [-0.39, 0.29) is 16.8 Å². The molecular formula is C12H15FN2OS. The Kier molecular flexibility index (Phi) is 5.56. The van der Waals surface area contributed by atoms with Gasteiger partial charge in [0.2, 0.25) is 5.91 Å². The van der Waals surface area contributed by atoms with Crippen molar-refractivity contribution in [3.05, 3.63) is 30.1 Å². The fraction of sp³-hybridized carbons (Fsp3) is 0.333. The van der Waals surface area contributed by atoms with Crippen LogP contribution in [-0.2, 0) is 4.79 Å². The van der Waals surface area contributed by atoms with E-state index in [0.717, 1.165) is 12.8 Å². The average molecular weight is 254 g/mol. The summed E-state index contributed by atoms with van der Waals surface area (Å²) in [5.41, 5.74) is 0.519. The molecule has 92 valence electrons. The standard InChI is InChI=1S/C12H15FN2OS/c1-2-3-7-11(16)15-12(17)14-10-6-4-5-9(13)8-10/h4-6,8H,2-3,7H2,1H3,(H2,14,15,16,17). The second-order valence-electron chi connectivity index (χ2n) is 3.62. The van der Waals surface area contributed by atoms with Gasteiger partial charge in [0.15, 0.2) is 5.11 Å². The lowest BCUT2D eigenvalue weighted by atomic mass is 10.2. The Labute approximate surface area is 105 Å². The van der Waals surface area contributed by atoms with Crippen LogP contribution in [-0.4, -0.2) is 11.0 Å². The van der Waals surface area contributed by atoms with E-state index in [1.165, 1.54) is 12.1 Å². The molecule has 3 nitrogen and oxygen atoms in total. The van der Waals surface area contributed by atoms with Crippen molar-refractivity contribution in [3.63, 3.8) is 0 Å². The van der Waals surface area contributed by atoms with Crippen LogP contribution in [0.15, 0.2) is 24.3 Å². The minimum absolute atomic E-state index is 0.124. The third-order valence-electron chi connectivity index (χ3n) is 2.09. The van der Waals surface area contributed by atoms with Crippen molar-refractivity contribution in [1.29, 1.82) is 0 Å². The number of amides is 1. The molecule has 0 fully saturated rings. The summed E-state index contributed by atoms with van der Waals surface area (Å²) in [4.78, 5) is 11.4. The van der Waals surface area contributed by atoms with E-state index in [9.17, 15) is 9.18 Å². The van der Waals surface area contributed by atoms with E-state index in [2.05, 4.69) is 10.6 Å². The van der Waals surface area contributed by atoms with Gasteiger partial charge in [0.05, 0.1) is 0 Å². The molecule has 0 radical (unpaired) electrons. The molecule has 0 saturated carbocycles. The molecule has 0 aliphatic rings. The lowest BCUT2D eigenvalue weighted by Crippen LogP contribution is -2.33. The van der Waals surface area contributed by atoms with Gasteiger partial charge in [-0.2, -0.15) is 0 Å². The highest BCUT2D eigenvalue weighted by Crippen LogP contribution is 2.08. The molecule has 1 aromatic rings. The highest BCUT2D eigenvalue weighted by Gasteiger charge is 2.04. The molecule has 0 spiro atoms. The number of unbranched alkanes of at least 4 members (excludes halogenated alkanes) is 1. The third-order valence-corrected chi connectivity index (χ3v) is 2.30. The Morgan fingerprint density at radius 3 is 2.88 bits per heavy atom. The second-order valence-corrected chi connectivity index (χ2v) is 4.02. The Bertz CT molecular complexity index is 409. The van der Waals surface area contributed by atoms with Crippen molar-refractivity contribution in [2.75, 3.05) is 5.32 Å². The quantitative estimate of drug-likeness (QED) is 0.812. The van der Waals surface area contributed by atoms with Gasteiger partial charge in [-0.05, 0) is 36.8 Å². The summed E-state index contributed by atoms with van der Waals surface area (Å²) in [6, 6.07) is 5.89. The van der Waals surface area contributed by atoms with Crippen molar-refractivity contribution in [2.24, 2.45) is 0 Å². The van der Waals surface area contributed by atoms with Crippen molar-refractivity contribution < 1.29 is 9.18 Å². The number of thiocarbonyl (C=S) groups is 1. The number of carbonyl (C=O) groups excluding carboxylic acids is 1. The molecule has 0 aromatic heterocycles. The van der Waals surface area contributed by atoms with Crippen LogP contribution in [0.3, 0.4) is 0 Å². The first-order chi connectivity index (χ1) is 8.11. The maximum absolute atomic E-state index is 12.9. The molecule has 0 saturated heterocycles. The van der Waals surface area contributed by atoms with Crippen LogP contribution < -0.4 is 10.6 Å². The lowest BCUT2D eigenvalue weighted by Gasteiger charge is -2.09. The molecule has 0 aliphatic heterocycles. The van der Waals surface area contributed by atoms with E-state index in [1.807, 2.05) is 6.92 Å². The number of anilines is 1. The summed E-state index contributed by atoms with van der Waals surface area (Å²) in [5.74, 6) is -0.476. The van der Waals surface area contributed by atoms with Crippen LogP contribution in [0.2, 0.25) is 0 Å². The SMILES string of the molecule is CCCCC(=O)NC(=S)Nc1cccc(F)c1. The molecular weight excluding hydrogens is 239 g/mol. The van der Waals surface area contributed by atoms with E-state index < -0.39 is 0 Å². The molecule has 1 aromatic carbocycles. The summed E-state index contributed by atoms with van der Waals surface area (Å²) in [6.07, 6.45) is 2.23. The van der Waals surface area contributed by atoms with Gasteiger partial charge >= 0.3 is 0 Å². The van der Waals surface area contributed by atoms with Crippen molar-refractivity contribution in [3.8, 4) is 0 Å². The number of rotatable bonds is 4. The van der Waals surface area contributed by atoms with Gasteiger partial charge in [-0.25, -0.2) is 4.39 Å². The Morgan fingerprint density at radius 1 is 1.47 bits per heavy atom. The minimum Gasteiger partial charge on any atom is -0.332 e. The zero-order chi connectivity index (χ0) is 12.7. The molecule has 1 amide bonds. The van der Waals surface area contributed by atoms with Gasteiger partial charge in [-0.1, -0.05) is 19.4 Å². The van der Waals surface area contributed by atoms with E-state index >= 15 is 0 Å². The van der Waals surface area contributed by atoms with Crippen LogP contribution in [0.1, 0.15) is 26.2 Å². The van der Waals surface area contributed by atoms with Gasteiger partial charge in [0.25, 0.3) is 0 Å². The topological polar surface area (TPSA) is 41.1 Å². The van der Waals surface area contributed by atoms with Gasteiger partial charge < -0.3 is 10.6 Å². The molecule has 17 heavy (non-hydrogen) atoms. The second kappa shape index (κ2) is 6.96. The Hall–Kier alpha value is -1.49. The van der Waals surface area contributed by atoms with Gasteiger partial charge in [-0.15, -0.1) is 0 Å². The molecule has 5 heteroatoms. The lowest BCUT2D eigenvalue weighted by molar-refractivity contribution is -0.119. The van der Waals surface area contributed by atoms with E-state index in [1.54, 1.807) is 12.1 Å². The predicted octanol–water partition coefficient (Wildman–Crippen LogP) is 2.83. The Balaban J connectivity index is 2.42. The predicted molar refractivity (Wildman–Crippen MR) is 70.3 cm³/mol. The maximum Gasteiger partial charge on any atom is 0.226 e. The highest BCUT2D eigenvalue weighted by molar-refractivity contribution is 7.80. The summed E-state index contributed by atoms with van der Waals surface area (Å²) in [5, 5.41) is 5.48. The van der Waals surface area contributed by atoms with Crippen LogP contribution in [0.25, 0.3) is 0 Å². The maximum atomic E-state index is 12.9. The zero-order valence-corrected chi connectivity index (χ0v) is 10.4. The van der Waals surface area contributed by atoms with Crippen molar-refractivity contribution in [1.82, 2.24) is 5.32 Å². The van der Waals surface area contributed by atoms with Crippen molar-refractivity contribution >= 4 is 28.9 Å². The largest absolute Gasteiger partial charge is 0.332 e. The molecule has 2 N–H and O–H groups in total. The number of benzene rings is 1. The molecule has 0 aliphatic carbocycles. The monoisotopic (exact) mass is 254 g/mol. The molecule has 0 heterocycles. The first-order valence-electron chi connectivity index (χ1n) is 5.48. The summed E-state index contributed by atoms with van der Waals surface area (Å²) < 4.78 is 12.9. The van der Waals surface area contributed by atoms with Crippen LogP contribution in [0.4, 0.5) is 10.1 Å². The van der Waals surface area contributed by atoms with E-state index in [0.29, 0.717) is 12.1 Å². The first kappa shape index (κ1) is 13.6. The summed E-state index contributed by atoms with van der Waals surface area (Å²) in [7, 11) is 0. The number of hydrogen-bond acceptors (Lipinski definition) is 2. The van der Waals surface area contributed by atoms with Crippen LogP contribution >= 0.6 is 12.2 Å². The average Bonchev–Trinajstić information content (AvgIpc) is 2.26. The zero-order valence-electron chi connectivity index (χ0n) is 9.63. The Morgan fingerprint density at radius 2 is 2.24 bits per heavy atom. The van der Waals surface area contributed by atoms with Gasteiger partial charge in [-0.3, -0.25) is 4.79 Å². The summed E-state index contributed by atoms with van der Waals surface area (Å²) >= 11 is 4.94. The highest BCUT2D eigenvalue weighted by atomic mass is 32.1. The number of carbonyl (C=O) groups is 1. The third kappa shape index (κ3) is 5.40. The number of halogens is 1. The fourth-order valence-corrected chi connectivity index (χ4v) is 1.49. The molecule has 0 atom stereocenters. The first-order valence-corrected chi connectivity index (χ1v) is 5.89. The summed E-state index contributed by atoms with van der Waals surface area (Å²) in [6.45, 7) is 2.01. The number of hydrogen-bond donors (Lipinski definition) is 2. The smallest absolute Gasteiger partial charge is 0.226 e. The fourth-order valence-electron chi connectivity index (χ4n) is 1.26. The van der Waals surface area contributed by atoms with E-state index in [4.69, 9.17) is 12.2 Å². The molecule has 0 bridgehead atoms. The minimum atomic E-state index is -0.352.